The molecule has 2 amide bonds. The van der Waals surface area contributed by atoms with Crippen LogP contribution in [-0.4, -0.2) is 27.1 Å². The summed E-state index contributed by atoms with van der Waals surface area (Å²) in [7, 11) is 0. The zero-order valence-corrected chi connectivity index (χ0v) is 18.4. The molecule has 0 radical (unpaired) electrons. The van der Waals surface area contributed by atoms with Gasteiger partial charge in [-0.2, -0.15) is 0 Å². The molecule has 0 saturated heterocycles. The summed E-state index contributed by atoms with van der Waals surface area (Å²) in [6, 6.07) is 23.1. The highest BCUT2D eigenvalue weighted by Gasteiger charge is 2.17. The first kappa shape index (κ1) is 21.8. The Balaban J connectivity index is 1.58. The smallest absolute Gasteiger partial charge is 0.266 e. The first-order valence-electron chi connectivity index (χ1n) is 9.79. The number of fused-ring (bicyclic) bond motifs is 1. The number of para-hydroxylation sites is 2. The van der Waals surface area contributed by atoms with Crippen molar-refractivity contribution in [1.29, 1.82) is 0 Å². The molecular formula is C24H18ClN3O3S. The van der Waals surface area contributed by atoms with Crippen molar-refractivity contribution in [2.45, 2.75) is 11.6 Å². The summed E-state index contributed by atoms with van der Waals surface area (Å²) >= 11 is 7.41. The monoisotopic (exact) mass is 463 g/mol. The van der Waals surface area contributed by atoms with E-state index in [1.165, 1.54) is 4.57 Å². The molecule has 6 nitrogen and oxygen atoms in total. The topological polar surface area (TPSA) is 81.1 Å². The van der Waals surface area contributed by atoms with Crippen LogP contribution in [0.3, 0.4) is 0 Å². The molecule has 8 heteroatoms. The van der Waals surface area contributed by atoms with Gasteiger partial charge >= 0.3 is 0 Å². The number of amides is 2. The van der Waals surface area contributed by atoms with Crippen molar-refractivity contribution < 1.29 is 9.59 Å². The first-order chi connectivity index (χ1) is 15.5. The van der Waals surface area contributed by atoms with E-state index in [4.69, 9.17) is 11.6 Å². The number of thioether (sulfide) groups is 1. The van der Waals surface area contributed by atoms with Gasteiger partial charge in [-0.05, 0) is 29.8 Å². The number of hydrogen-bond donors (Lipinski definition) is 1. The molecule has 0 aliphatic rings. The summed E-state index contributed by atoms with van der Waals surface area (Å²) in [5.74, 6) is -0.948. The highest BCUT2D eigenvalue weighted by atomic mass is 35.5. The van der Waals surface area contributed by atoms with Gasteiger partial charge in [0.2, 0.25) is 11.8 Å². The molecule has 0 unspecified atom stereocenters. The van der Waals surface area contributed by atoms with E-state index in [1.807, 2.05) is 30.3 Å². The Labute approximate surface area is 193 Å². The number of imide groups is 1. The highest BCUT2D eigenvalue weighted by Crippen LogP contribution is 2.25. The van der Waals surface area contributed by atoms with Crippen molar-refractivity contribution in [3.05, 3.63) is 99.8 Å². The van der Waals surface area contributed by atoms with E-state index in [0.717, 1.165) is 17.3 Å². The predicted octanol–water partition coefficient (Wildman–Crippen LogP) is 4.02. The van der Waals surface area contributed by atoms with Gasteiger partial charge in [0.05, 0.1) is 33.8 Å². The third-order valence-corrected chi connectivity index (χ3v) is 5.92. The van der Waals surface area contributed by atoms with E-state index in [9.17, 15) is 14.4 Å². The number of halogens is 1. The average molecular weight is 464 g/mol. The van der Waals surface area contributed by atoms with Crippen LogP contribution in [0.5, 0.6) is 0 Å². The van der Waals surface area contributed by atoms with Crippen LogP contribution in [0.4, 0.5) is 0 Å². The lowest BCUT2D eigenvalue weighted by atomic mass is 10.1. The Morgan fingerprint density at radius 2 is 1.59 bits per heavy atom. The van der Waals surface area contributed by atoms with Gasteiger partial charge in [0.15, 0.2) is 5.16 Å². The summed E-state index contributed by atoms with van der Waals surface area (Å²) < 4.78 is 1.40. The van der Waals surface area contributed by atoms with Crippen molar-refractivity contribution in [3.63, 3.8) is 0 Å². The molecular weight excluding hydrogens is 446 g/mol. The van der Waals surface area contributed by atoms with Crippen LogP contribution in [0.2, 0.25) is 5.02 Å². The largest absolute Gasteiger partial charge is 0.295 e. The van der Waals surface area contributed by atoms with E-state index in [1.54, 1.807) is 48.5 Å². The fourth-order valence-electron chi connectivity index (χ4n) is 3.20. The van der Waals surface area contributed by atoms with E-state index in [0.29, 0.717) is 26.8 Å². The molecule has 0 saturated carbocycles. The van der Waals surface area contributed by atoms with Crippen LogP contribution in [0.15, 0.2) is 88.8 Å². The van der Waals surface area contributed by atoms with Crippen LogP contribution < -0.4 is 10.9 Å². The van der Waals surface area contributed by atoms with Crippen LogP contribution >= 0.6 is 23.4 Å². The van der Waals surface area contributed by atoms with Gasteiger partial charge < -0.3 is 0 Å². The molecule has 4 aromatic rings. The number of rotatable bonds is 6. The zero-order valence-electron chi connectivity index (χ0n) is 16.8. The van der Waals surface area contributed by atoms with E-state index in [-0.39, 0.29) is 17.7 Å². The quantitative estimate of drug-likeness (QED) is 0.345. The summed E-state index contributed by atoms with van der Waals surface area (Å²) in [5, 5.41) is 3.52. The molecule has 160 valence electrons. The molecule has 0 fully saturated rings. The van der Waals surface area contributed by atoms with Crippen molar-refractivity contribution >= 4 is 46.1 Å². The van der Waals surface area contributed by atoms with Crippen LogP contribution in [0, 0.1) is 0 Å². The minimum absolute atomic E-state index is 0.0875. The average Bonchev–Trinajstić information content (AvgIpc) is 2.79. The molecule has 0 atom stereocenters. The minimum atomic E-state index is -0.468. The number of hydrogen-bond acceptors (Lipinski definition) is 5. The number of nitrogens with zero attached hydrogens (tertiary/aromatic N) is 2. The van der Waals surface area contributed by atoms with Gasteiger partial charge in [-0.25, -0.2) is 4.98 Å². The minimum Gasteiger partial charge on any atom is -0.295 e. The summed E-state index contributed by atoms with van der Waals surface area (Å²) in [5.41, 5.74) is 1.52. The standard InChI is InChI=1S/C24H18ClN3O3S/c25-18-11-5-7-13-20(18)28-23(31)17-10-4-6-12-19(17)26-24(28)32-15-22(30)27-21(29)14-16-8-2-1-3-9-16/h1-13H,14-15H2,(H,27,29,30). The Hall–Kier alpha value is -3.42. The second kappa shape index (κ2) is 9.80. The molecule has 1 N–H and O–H groups in total. The van der Waals surface area contributed by atoms with Gasteiger partial charge in [-0.3, -0.25) is 24.3 Å². The number of benzene rings is 3. The molecule has 0 aliphatic carbocycles. The Morgan fingerprint density at radius 1 is 0.906 bits per heavy atom. The van der Waals surface area contributed by atoms with Gasteiger partial charge in [-0.15, -0.1) is 0 Å². The van der Waals surface area contributed by atoms with Crippen LogP contribution in [0.1, 0.15) is 5.56 Å². The molecule has 0 spiro atoms. The van der Waals surface area contributed by atoms with Crippen LogP contribution in [-0.2, 0) is 16.0 Å². The summed E-state index contributed by atoms with van der Waals surface area (Å²) in [6.45, 7) is 0. The molecule has 3 aromatic carbocycles. The second-order valence-corrected chi connectivity index (χ2v) is 8.28. The molecule has 32 heavy (non-hydrogen) atoms. The van der Waals surface area contributed by atoms with Crippen LogP contribution in [0.25, 0.3) is 16.6 Å². The normalized spacial score (nSPS) is 10.8. The molecule has 0 bridgehead atoms. The van der Waals surface area contributed by atoms with Gasteiger partial charge in [0.1, 0.15) is 0 Å². The maximum atomic E-state index is 13.2. The molecule has 1 aromatic heterocycles. The number of carbonyl (C=O) groups is 2. The Morgan fingerprint density at radius 3 is 2.38 bits per heavy atom. The Kier molecular flexibility index (Phi) is 6.68. The zero-order chi connectivity index (χ0) is 22.5. The van der Waals surface area contributed by atoms with Gasteiger partial charge in [-0.1, -0.05) is 78.0 Å². The second-order valence-electron chi connectivity index (χ2n) is 6.93. The number of carbonyl (C=O) groups excluding carboxylic acids is 2. The third-order valence-electron chi connectivity index (χ3n) is 4.66. The lowest BCUT2D eigenvalue weighted by molar-refractivity contribution is -0.128. The summed E-state index contributed by atoms with van der Waals surface area (Å²) in [6.07, 6.45) is 0.107. The van der Waals surface area contributed by atoms with Crippen molar-refractivity contribution in [2.75, 3.05) is 5.75 Å². The van der Waals surface area contributed by atoms with Crippen molar-refractivity contribution in [3.8, 4) is 5.69 Å². The lowest BCUT2D eigenvalue weighted by Gasteiger charge is -2.14. The fraction of sp³-hybridized carbons (Fsp3) is 0.0833. The molecule has 4 rings (SSSR count). The maximum Gasteiger partial charge on any atom is 0.266 e. The first-order valence-corrected chi connectivity index (χ1v) is 11.2. The number of aromatic nitrogens is 2. The summed E-state index contributed by atoms with van der Waals surface area (Å²) in [4.78, 5) is 42.4. The Bertz CT molecular complexity index is 1360. The third kappa shape index (κ3) is 4.90. The number of nitrogens with one attached hydrogen (secondary N) is 1. The maximum absolute atomic E-state index is 13.2. The predicted molar refractivity (Wildman–Crippen MR) is 126 cm³/mol. The van der Waals surface area contributed by atoms with E-state index >= 15 is 0 Å². The van der Waals surface area contributed by atoms with Gasteiger partial charge in [0.25, 0.3) is 5.56 Å². The van der Waals surface area contributed by atoms with Crippen molar-refractivity contribution in [2.24, 2.45) is 0 Å². The van der Waals surface area contributed by atoms with Crippen molar-refractivity contribution in [1.82, 2.24) is 14.9 Å². The van der Waals surface area contributed by atoms with Gasteiger partial charge in [0, 0.05) is 0 Å². The lowest BCUT2D eigenvalue weighted by Crippen LogP contribution is -2.33. The fourth-order valence-corrected chi connectivity index (χ4v) is 4.23. The molecule has 0 aliphatic heterocycles. The molecule has 1 heterocycles. The van der Waals surface area contributed by atoms with E-state index < -0.39 is 11.8 Å². The SMILES string of the molecule is O=C(CSc1nc2ccccc2c(=O)n1-c1ccccc1Cl)NC(=O)Cc1ccccc1. The highest BCUT2D eigenvalue weighted by molar-refractivity contribution is 7.99. The van der Waals surface area contributed by atoms with E-state index in [2.05, 4.69) is 10.3 Å².